The average Bonchev–Trinajstić information content (AvgIpc) is 3.04. The highest BCUT2D eigenvalue weighted by molar-refractivity contribution is 9.10. The predicted molar refractivity (Wildman–Crippen MR) is 89.6 cm³/mol. The maximum absolute atomic E-state index is 12.5. The third-order valence-electron chi connectivity index (χ3n) is 2.93. The van der Waals surface area contributed by atoms with Crippen molar-refractivity contribution >= 4 is 38.9 Å². The van der Waals surface area contributed by atoms with Crippen molar-refractivity contribution in [3.63, 3.8) is 0 Å². The number of halogens is 1. The van der Waals surface area contributed by atoms with Crippen molar-refractivity contribution in [1.29, 1.82) is 0 Å². The van der Waals surface area contributed by atoms with Gasteiger partial charge in [-0.2, -0.15) is 0 Å². The van der Waals surface area contributed by atoms with Crippen LogP contribution in [-0.4, -0.2) is 10.9 Å². The SMILES string of the molecule is O=C(Nc1ccccc1Br)c1cccnc1-c1cccs1. The lowest BCUT2D eigenvalue weighted by atomic mass is 10.1. The molecule has 2 heterocycles. The predicted octanol–water partition coefficient (Wildman–Crippen LogP) is 4.82. The zero-order chi connectivity index (χ0) is 14.7. The standard InChI is InChI=1S/C16H11BrN2OS/c17-12-6-1-2-7-13(12)19-16(20)11-5-3-9-18-15(11)14-8-4-10-21-14/h1-10H,(H,19,20). The van der Waals surface area contributed by atoms with E-state index >= 15 is 0 Å². The summed E-state index contributed by atoms with van der Waals surface area (Å²) in [6, 6.07) is 15.0. The number of carbonyl (C=O) groups is 1. The maximum atomic E-state index is 12.5. The van der Waals surface area contributed by atoms with Gasteiger partial charge < -0.3 is 5.32 Å². The number of para-hydroxylation sites is 1. The topological polar surface area (TPSA) is 42.0 Å². The molecule has 0 bridgehead atoms. The zero-order valence-electron chi connectivity index (χ0n) is 10.9. The summed E-state index contributed by atoms with van der Waals surface area (Å²) in [6.07, 6.45) is 1.70. The molecule has 0 spiro atoms. The van der Waals surface area contributed by atoms with E-state index in [-0.39, 0.29) is 5.91 Å². The fourth-order valence-corrected chi connectivity index (χ4v) is 3.07. The van der Waals surface area contributed by atoms with E-state index in [2.05, 4.69) is 26.2 Å². The summed E-state index contributed by atoms with van der Waals surface area (Å²) in [5, 5.41) is 4.88. The zero-order valence-corrected chi connectivity index (χ0v) is 13.3. The van der Waals surface area contributed by atoms with E-state index in [9.17, 15) is 4.79 Å². The molecule has 3 aromatic rings. The summed E-state index contributed by atoms with van der Waals surface area (Å²) >= 11 is 4.99. The van der Waals surface area contributed by atoms with E-state index in [1.54, 1.807) is 29.7 Å². The number of thiophene rings is 1. The van der Waals surface area contributed by atoms with Crippen molar-refractivity contribution in [3.8, 4) is 10.6 Å². The average molecular weight is 359 g/mol. The fraction of sp³-hybridized carbons (Fsp3) is 0. The molecule has 0 radical (unpaired) electrons. The third kappa shape index (κ3) is 3.04. The van der Waals surface area contributed by atoms with Crippen molar-refractivity contribution in [3.05, 3.63) is 70.1 Å². The Kier molecular flexibility index (Phi) is 4.13. The number of pyridine rings is 1. The van der Waals surface area contributed by atoms with Crippen LogP contribution in [0.4, 0.5) is 5.69 Å². The van der Waals surface area contributed by atoms with E-state index in [1.165, 1.54) is 0 Å². The minimum absolute atomic E-state index is 0.168. The van der Waals surface area contributed by atoms with Gasteiger partial charge in [0.2, 0.25) is 0 Å². The molecule has 5 heteroatoms. The first kappa shape index (κ1) is 14.0. The van der Waals surface area contributed by atoms with Gasteiger partial charge >= 0.3 is 0 Å². The first-order valence-electron chi connectivity index (χ1n) is 6.30. The van der Waals surface area contributed by atoms with Crippen LogP contribution in [0.15, 0.2) is 64.6 Å². The van der Waals surface area contributed by atoms with E-state index in [0.29, 0.717) is 11.3 Å². The number of nitrogens with one attached hydrogen (secondary N) is 1. The van der Waals surface area contributed by atoms with Crippen LogP contribution >= 0.6 is 27.3 Å². The quantitative estimate of drug-likeness (QED) is 0.728. The molecule has 0 saturated heterocycles. The fourth-order valence-electron chi connectivity index (χ4n) is 1.95. The normalized spacial score (nSPS) is 10.3. The first-order valence-corrected chi connectivity index (χ1v) is 7.98. The Morgan fingerprint density at radius 2 is 1.95 bits per heavy atom. The summed E-state index contributed by atoms with van der Waals surface area (Å²) < 4.78 is 0.847. The summed E-state index contributed by atoms with van der Waals surface area (Å²) in [4.78, 5) is 17.8. The summed E-state index contributed by atoms with van der Waals surface area (Å²) in [5.41, 5.74) is 2.01. The van der Waals surface area contributed by atoms with Crippen molar-refractivity contribution in [1.82, 2.24) is 4.98 Å². The Balaban J connectivity index is 1.94. The summed E-state index contributed by atoms with van der Waals surface area (Å²) in [7, 11) is 0. The van der Waals surface area contributed by atoms with Gasteiger partial charge in [-0.1, -0.05) is 18.2 Å². The number of nitrogens with zero attached hydrogens (tertiary/aromatic N) is 1. The number of hydrogen-bond acceptors (Lipinski definition) is 3. The Bertz CT molecular complexity index is 771. The third-order valence-corrected chi connectivity index (χ3v) is 4.50. The number of hydrogen-bond donors (Lipinski definition) is 1. The molecule has 0 saturated carbocycles. The molecular weight excluding hydrogens is 348 g/mol. The first-order chi connectivity index (χ1) is 10.3. The number of carbonyl (C=O) groups excluding carboxylic acids is 1. The molecular formula is C16H11BrN2OS. The van der Waals surface area contributed by atoms with Gasteiger partial charge in [-0.3, -0.25) is 9.78 Å². The lowest BCUT2D eigenvalue weighted by molar-refractivity contribution is 0.102. The van der Waals surface area contributed by atoms with Gasteiger partial charge in [0.15, 0.2) is 0 Å². The molecule has 2 aromatic heterocycles. The van der Waals surface area contributed by atoms with Crippen LogP contribution < -0.4 is 5.32 Å². The van der Waals surface area contributed by atoms with Gasteiger partial charge in [-0.05, 0) is 51.6 Å². The molecule has 3 nitrogen and oxygen atoms in total. The Labute approximate surface area is 134 Å². The highest BCUT2D eigenvalue weighted by Crippen LogP contribution is 2.27. The van der Waals surface area contributed by atoms with Crippen LogP contribution in [0, 0.1) is 0 Å². The number of benzene rings is 1. The lowest BCUT2D eigenvalue weighted by Crippen LogP contribution is -2.13. The van der Waals surface area contributed by atoms with E-state index in [0.717, 1.165) is 15.0 Å². The molecule has 0 fully saturated rings. The monoisotopic (exact) mass is 358 g/mol. The second-order valence-corrected chi connectivity index (χ2v) is 6.11. The molecule has 0 unspecified atom stereocenters. The summed E-state index contributed by atoms with van der Waals surface area (Å²) in [5.74, 6) is -0.168. The van der Waals surface area contributed by atoms with Gasteiger partial charge in [0, 0.05) is 10.7 Å². The van der Waals surface area contributed by atoms with Crippen LogP contribution in [-0.2, 0) is 0 Å². The molecule has 1 amide bonds. The molecule has 1 aromatic carbocycles. The highest BCUT2D eigenvalue weighted by Gasteiger charge is 2.15. The van der Waals surface area contributed by atoms with Gasteiger partial charge in [-0.15, -0.1) is 11.3 Å². The van der Waals surface area contributed by atoms with Crippen LogP contribution in [0.2, 0.25) is 0 Å². The second-order valence-electron chi connectivity index (χ2n) is 4.31. The van der Waals surface area contributed by atoms with Crippen molar-refractivity contribution in [2.24, 2.45) is 0 Å². The number of amides is 1. The van der Waals surface area contributed by atoms with Gasteiger partial charge in [-0.25, -0.2) is 0 Å². The number of anilines is 1. The van der Waals surface area contributed by atoms with Crippen LogP contribution in [0.1, 0.15) is 10.4 Å². The van der Waals surface area contributed by atoms with Gasteiger partial charge in [0.25, 0.3) is 5.91 Å². The van der Waals surface area contributed by atoms with Crippen LogP contribution in [0.3, 0.4) is 0 Å². The molecule has 0 aliphatic rings. The second kappa shape index (κ2) is 6.20. The molecule has 0 atom stereocenters. The van der Waals surface area contributed by atoms with E-state index in [1.807, 2.05) is 41.8 Å². The molecule has 1 N–H and O–H groups in total. The molecule has 0 aliphatic carbocycles. The Morgan fingerprint density at radius 3 is 2.71 bits per heavy atom. The Hall–Kier alpha value is -1.98. The summed E-state index contributed by atoms with van der Waals surface area (Å²) in [6.45, 7) is 0. The van der Waals surface area contributed by atoms with Crippen molar-refractivity contribution < 1.29 is 4.79 Å². The van der Waals surface area contributed by atoms with Crippen LogP contribution in [0.25, 0.3) is 10.6 Å². The molecule has 104 valence electrons. The molecule has 3 rings (SSSR count). The highest BCUT2D eigenvalue weighted by atomic mass is 79.9. The van der Waals surface area contributed by atoms with Crippen molar-refractivity contribution in [2.45, 2.75) is 0 Å². The van der Waals surface area contributed by atoms with E-state index < -0.39 is 0 Å². The van der Waals surface area contributed by atoms with Gasteiger partial charge in [0.1, 0.15) is 0 Å². The van der Waals surface area contributed by atoms with Gasteiger partial charge in [0.05, 0.1) is 21.8 Å². The maximum Gasteiger partial charge on any atom is 0.257 e. The van der Waals surface area contributed by atoms with E-state index in [4.69, 9.17) is 0 Å². The minimum atomic E-state index is -0.168. The number of aromatic nitrogens is 1. The Morgan fingerprint density at radius 1 is 1.10 bits per heavy atom. The van der Waals surface area contributed by atoms with Crippen molar-refractivity contribution in [2.75, 3.05) is 5.32 Å². The number of rotatable bonds is 3. The molecule has 21 heavy (non-hydrogen) atoms. The largest absolute Gasteiger partial charge is 0.321 e. The lowest BCUT2D eigenvalue weighted by Gasteiger charge is -2.09. The van der Waals surface area contributed by atoms with Crippen LogP contribution in [0.5, 0.6) is 0 Å². The minimum Gasteiger partial charge on any atom is -0.321 e. The molecule has 0 aliphatic heterocycles. The smallest absolute Gasteiger partial charge is 0.257 e.